The number of phenolic OH excluding ortho intramolecular Hbond substituents is 1. The average Bonchev–Trinajstić information content (AvgIpc) is 1.94. The second kappa shape index (κ2) is 2.68. The SMILES string of the molecule is Cc1ccc(O)cc1[NH2+][O-]. The fourth-order valence-electron chi connectivity index (χ4n) is 0.755. The van der Waals surface area contributed by atoms with Crippen molar-refractivity contribution < 1.29 is 10.6 Å². The molecule has 0 aliphatic heterocycles. The largest absolute Gasteiger partial charge is 0.630 e. The highest BCUT2D eigenvalue weighted by Crippen LogP contribution is 2.15. The first-order valence-corrected chi connectivity index (χ1v) is 2.99. The van der Waals surface area contributed by atoms with Crippen LogP contribution in [0.1, 0.15) is 5.56 Å². The van der Waals surface area contributed by atoms with E-state index >= 15 is 0 Å². The molecule has 0 amide bonds. The molecule has 3 N–H and O–H groups in total. The zero-order valence-corrected chi connectivity index (χ0v) is 5.66. The molecule has 0 fully saturated rings. The maximum atomic E-state index is 10.3. The number of nitrogens with two attached hydrogens (primary N) is 1. The Morgan fingerprint density at radius 2 is 2.20 bits per heavy atom. The lowest BCUT2D eigenvalue weighted by molar-refractivity contribution is -0.497. The van der Waals surface area contributed by atoms with Crippen LogP contribution in [0.3, 0.4) is 0 Å². The monoisotopic (exact) mass is 139 g/mol. The van der Waals surface area contributed by atoms with Crippen LogP contribution in [0.5, 0.6) is 5.75 Å². The Balaban J connectivity index is 3.09. The van der Waals surface area contributed by atoms with Gasteiger partial charge in [-0.15, -0.1) is 0 Å². The summed E-state index contributed by atoms with van der Waals surface area (Å²) < 4.78 is 0. The highest BCUT2D eigenvalue weighted by molar-refractivity contribution is 5.43. The Hall–Kier alpha value is -1.06. The molecule has 0 saturated carbocycles. The molecule has 1 rings (SSSR count). The van der Waals surface area contributed by atoms with Gasteiger partial charge in [0.1, 0.15) is 11.4 Å². The van der Waals surface area contributed by atoms with Crippen molar-refractivity contribution in [1.29, 1.82) is 0 Å². The van der Waals surface area contributed by atoms with Crippen molar-refractivity contribution >= 4 is 5.69 Å². The molecule has 54 valence electrons. The lowest BCUT2D eigenvalue weighted by Gasteiger charge is -2.04. The highest BCUT2D eigenvalue weighted by atomic mass is 16.5. The van der Waals surface area contributed by atoms with Gasteiger partial charge < -0.3 is 15.8 Å². The van der Waals surface area contributed by atoms with Crippen LogP contribution in [0.4, 0.5) is 5.69 Å². The summed E-state index contributed by atoms with van der Waals surface area (Å²) in [4.78, 5) is 0. The predicted octanol–water partition coefficient (Wildman–Crippen LogP) is 0.393. The standard InChI is InChI=1S/C7H9NO2/c1-5-2-3-6(9)4-7(5)8-10/h2-4,9H,8H2,1H3. The van der Waals surface area contributed by atoms with E-state index in [2.05, 4.69) is 0 Å². The van der Waals surface area contributed by atoms with Crippen LogP contribution in [0.25, 0.3) is 0 Å². The molecule has 0 aromatic heterocycles. The number of quaternary nitrogens is 1. The second-order valence-electron chi connectivity index (χ2n) is 2.16. The Morgan fingerprint density at radius 1 is 1.50 bits per heavy atom. The summed E-state index contributed by atoms with van der Waals surface area (Å²) in [6.45, 7) is 1.82. The zero-order chi connectivity index (χ0) is 7.56. The summed E-state index contributed by atoms with van der Waals surface area (Å²) >= 11 is 0. The molecule has 0 bridgehead atoms. The zero-order valence-electron chi connectivity index (χ0n) is 5.66. The van der Waals surface area contributed by atoms with Gasteiger partial charge in [-0.1, -0.05) is 0 Å². The van der Waals surface area contributed by atoms with Gasteiger partial charge in [0, 0.05) is 11.6 Å². The summed E-state index contributed by atoms with van der Waals surface area (Å²) in [5.74, 6) is 0.132. The van der Waals surface area contributed by atoms with E-state index in [1.165, 1.54) is 6.07 Å². The van der Waals surface area contributed by atoms with Crippen molar-refractivity contribution in [1.82, 2.24) is 0 Å². The summed E-state index contributed by atoms with van der Waals surface area (Å²) in [5, 5.41) is 19.2. The van der Waals surface area contributed by atoms with Gasteiger partial charge in [-0.2, -0.15) is 0 Å². The minimum Gasteiger partial charge on any atom is -0.630 e. The Labute approximate surface area is 58.9 Å². The van der Waals surface area contributed by atoms with Crippen molar-refractivity contribution in [3.63, 3.8) is 0 Å². The fraction of sp³-hybridized carbons (Fsp3) is 0.143. The van der Waals surface area contributed by atoms with Crippen LogP contribution < -0.4 is 5.48 Å². The Kier molecular flexibility index (Phi) is 1.89. The first-order valence-electron chi connectivity index (χ1n) is 2.99. The molecule has 3 heteroatoms. The third-order valence-corrected chi connectivity index (χ3v) is 1.39. The molecule has 0 heterocycles. The third kappa shape index (κ3) is 1.26. The Morgan fingerprint density at radius 3 is 2.70 bits per heavy atom. The highest BCUT2D eigenvalue weighted by Gasteiger charge is 1.97. The van der Waals surface area contributed by atoms with Crippen molar-refractivity contribution in [2.24, 2.45) is 0 Å². The molecule has 0 aliphatic carbocycles. The van der Waals surface area contributed by atoms with Gasteiger partial charge in [0.2, 0.25) is 0 Å². The summed E-state index contributed by atoms with van der Waals surface area (Å²) in [6, 6.07) is 4.71. The third-order valence-electron chi connectivity index (χ3n) is 1.39. The predicted molar refractivity (Wildman–Crippen MR) is 37.8 cm³/mol. The maximum Gasteiger partial charge on any atom is 0.136 e. The molecule has 0 unspecified atom stereocenters. The van der Waals surface area contributed by atoms with E-state index in [1.807, 2.05) is 6.92 Å². The van der Waals surface area contributed by atoms with E-state index in [0.717, 1.165) is 11.0 Å². The fourth-order valence-corrected chi connectivity index (χ4v) is 0.755. The molecule has 0 saturated heterocycles. The van der Waals surface area contributed by atoms with Crippen LogP contribution in [-0.4, -0.2) is 5.11 Å². The van der Waals surface area contributed by atoms with Gasteiger partial charge >= 0.3 is 0 Å². The van der Waals surface area contributed by atoms with Crippen molar-refractivity contribution in [3.05, 3.63) is 29.0 Å². The number of aromatic hydroxyl groups is 1. The van der Waals surface area contributed by atoms with Crippen LogP contribution >= 0.6 is 0 Å². The first-order chi connectivity index (χ1) is 4.74. The van der Waals surface area contributed by atoms with E-state index in [-0.39, 0.29) is 5.75 Å². The lowest BCUT2D eigenvalue weighted by atomic mass is 10.2. The van der Waals surface area contributed by atoms with E-state index in [0.29, 0.717) is 5.69 Å². The number of benzene rings is 1. The number of hydrogen-bond donors (Lipinski definition) is 2. The second-order valence-corrected chi connectivity index (χ2v) is 2.16. The first kappa shape index (κ1) is 7.05. The van der Waals surface area contributed by atoms with Crippen molar-refractivity contribution in [3.8, 4) is 5.75 Å². The van der Waals surface area contributed by atoms with Gasteiger partial charge in [0.05, 0.1) is 0 Å². The number of hydrogen-bond acceptors (Lipinski definition) is 2. The smallest absolute Gasteiger partial charge is 0.136 e. The Bertz CT molecular complexity index is 235. The number of aryl methyl sites for hydroxylation is 1. The van der Waals surface area contributed by atoms with Gasteiger partial charge in [0.15, 0.2) is 0 Å². The maximum absolute atomic E-state index is 10.3. The molecule has 3 nitrogen and oxygen atoms in total. The summed E-state index contributed by atoms with van der Waals surface area (Å²) in [6.07, 6.45) is 0. The molecule has 1 aromatic carbocycles. The van der Waals surface area contributed by atoms with Crippen LogP contribution in [-0.2, 0) is 0 Å². The molecule has 0 spiro atoms. The van der Waals surface area contributed by atoms with Gasteiger partial charge in [-0.25, -0.2) is 0 Å². The van der Waals surface area contributed by atoms with Crippen LogP contribution in [0.2, 0.25) is 0 Å². The topological polar surface area (TPSA) is 59.9 Å². The minimum atomic E-state index is 0.132. The van der Waals surface area contributed by atoms with Gasteiger partial charge in [0.25, 0.3) is 0 Å². The van der Waals surface area contributed by atoms with E-state index < -0.39 is 0 Å². The number of phenols is 1. The summed E-state index contributed by atoms with van der Waals surface area (Å²) in [5.41, 5.74) is 2.16. The van der Waals surface area contributed by atoms with E-state index in [9.17, 15) is 5.21 Å². The van der Waals surface area contributed by atoms with Crippen LogP contribution in [0.15, 0.2) is 18.2 Å². The molecule has 0 aliphatic rings. The molecule has 0 radical (unpaired) electrons. The minimum absolute atomic E-state index is 0.132. The van der Waals surface area contributed by atoms with Gasteiger partial charge in [-0.3, -0.25) is 0 Å². The molecular formula is C7H9NO2. The van der Waals surface area contributed by atoms with Crippen molar-refractivity contribution in [2.45, 2.75) is 6.92 Å². The van der Waals surface area contributed by atoms with Crippen LogP contribution in [0, 0.1) is 12.1 Å². The quantitative estimate of drug-likeness (QED) is 0.437. The van der Waals surface area contributed by atoms with Crippen molar-refractivity contribution in [2.75, 3.05) is 0 Å². The molecule has 10 heavy (non-hydrogen) atoms. The van der Waals surface area contributed by atoms with E-state index in [1.54, 1.807) is 12.1 Å². The summed E-state index contributed by atoms with van der Waals surface area (Å²) in [7, 11) is 0. The molecular weight excluding hydrogens is 130 g/mol. The average molecular weight is 139 g/mol. The molecule has 0 atom stereocenters. The van der Waals surface area contributed by atoms with Gasteiger partial charge in [-0.05, 0) is 19.1 Å². The molecule has 1 aromatic rings. The van der Waals surface area contributed by atoms with E-state index in [4.69, 9.17) is 5.11 Å². The number of rotatable bonds is 1. The normalized spacial score (nSPS) is 9.80. The lowest BCUT2D eigenvalue weighted by Crippen LogP contribution is -2.70.